The van der Waals surface area contributed by atoms with Crippen molar-refractivity contribution in [3.05, 3.63) is 53.6 Å². The molecule has 0 bridgehead atoms. The summed E-state index contributed by atoms with van der Waals surface area (Å²) in [6.07, 6.45) is 1.57. The number of nitrogens with one attached hydrogen (secondary N) is 1. The molecule has 1 atom stereocenters. The molecule has 2 rings (SSSR count). The van der Waals surface area contributed by atoms with Crippen LogP contribution in [0.1, 0.15) is 30.5 Å². The molecule has 1 unspecified atom stereocenters. The minimum absolute atomic E-state index is 0.132. The van der Waals surface area contributed by atoms with Crippen molar-refractivity contribution in [2.24, 2.45) is 0 Å². The number of amides is 1. The van der Waals surface area contributed by atoms with Gasteiger partial charge in [-0.1, -0.05) is 12.1 Å². The highest BCUT2D eigenvalue weighted by Crippen LogP contribution is 2.25. The summed E-state index contributed by atoms with van der Waals surface area (Å²) in [4.78, 5) is 12.8. The summed E-state index contributed by atoms with van der Waals surface area (Å²) in [5.74, 6) is 0.289. The van der Waals surface area contributed by atoms with Crippen molar-refractivity contribution in [1.82, 2.24) is 9.62 Å². The maximum absolute atomic E-state index is 12.4. The van der Waals surface area contributed by atoms with Gasteiger partial charge in [-0.2, -0.15) is 0 Å². The van der Waals surface area contributed by atoms with E-state index in [-0.39, 0.29) is 28.2 Å². The summed E-state index contributed by atoms with van der Waals surface area (Å²) in [6.45, 7) is 1.80. The van der Waals surface area contributed by atoms with Gasteiger partial charge in [0.2, 0.25) is 15.9 Å². The van der Waals surface area contributed by atoms with Gasteiger partial charge in [0.1, 0.15) is 5.75 Å². The van der Waals surface area contributed by atoms with Gasteiger partial charge in [0.05, 0.1) is 22.9 Å². The summed E-state index contributed by atoms with van der Waals surface area (Å²) in [6, 6.07) is 10.6. The van der Waals surface area contributed by atoms with E-state index < -0.39 is 19.9 Å². The van der Waals surface area contributed by atoms with Crippen LogP contribution in [0, 0.1) is 0 Å². The average molecular weight is 469 g/mol. The quantitative estimate of drug-likeness (QED) is 0.604. The highest BCUT2D eigenvalue weighted by Gasteiger charge is 2.19. The Morgan fingerprint density at radius 3 is 2.13 bits per heavy atom. The summed E-state index contributed by atoms with van der Waals surface area (Å²) in [5, 5.41) is 2.87. The largest absolute Gasteiger partial charge is 0.496 e. The van der Waals surface area contributed by atoms with Crippen molar-refractivity contribution >= 4 is 25.8 Å². The summed E-state index contributed by atoms with van der Waals surface area (Å²) in [7, 11) is -2.48. The van der Waals surface area contributed by atoms with Crippen LogP contribution in [0.25, 0.3) is 0 Å². The van der Waals surface area contributed by atoms with Crippen molar-refractivity contribution < 1.29 is 26.4 Å². The highest BCUT2D eigenvalue weighted by molar-refractivity contribution is 7.90. The number of rotatable bonds is 9. The number of hydrogen-bond donors (Lipinski definition) is 1. The summed E-state index contributed by atoms with van der Waals surface area (Å²) < 4.78 is 54.3. The van der Waals surface area contributed by atoms with Crippen molar-refractivity contribution in [2.75, 3.05) is 27.5 Å². The van der Waals surface area contributed by atoms with Crippen LogP contribution in [0.4, 0.5) is 0 Å². The fraction of sp³-hybridized carbons (Fsp3) is 0.381. The first kappa shape index (κ1) is 24.8. The van der Waals surface area contributed by atoms with E-state index >= 15 is 0 Å². The van der Waals surface area contributed by atoms with Gasteiger partial charge >= 0.3 is 0 Å². The standard InChI is InChI=1S/C21H28N2O6S2/c1-15(16-6-9-18(10-7-16)30(5,25)26)22-21(24)13-8-17-14-19(11-12-20(17)29-4)31(27,28)23(2)3/h6-7,9-12,14-15H,8,13H2,1-5H3,(H,22,24). The second kappa shape index (κ2) is 9.80. The van der Waals surface area contributed by atoms with Crippen molar-refractivity contribution in [3.63, 3.8) is 0 Å². The van der Waals surface area contributed by atoms with Gasteiger partial charge in [-0.25, -0.2) is 21.1 Å². The smallest absolute Gasteiger partial charge is 0.242 e. The molecular formula is C21H28N2O6S2. The Bertz CT molecular complexity index is 1140. The molecular weight excluding hydrogens is 440 g/mol. The molecule has 0 fully saturated rings. The zero-order chi connectivity index (χ0) is 23.4. The molecule has 0 spiro atoms. The van der Waals surface area contributed by atoms with Crippen molar-refractivity contribution in [3.8, 4) is 5.75 Å². The third-order valence-corrected chi connectivity index (χ3v) is 7.78. The molecule has 0 saturated heterocycles. The number of aryl methyl sites for hydroxylation is 1. The minimum Gasteiger partial charge on any atom is -0.496 e. The van der Waals surface area contributed by atoms with E-state index in [0.717, 1.165) is 16.1 Å². The molecule has 0 heterocycles. The molecule has 2 aromatic rings. The van der Waals surface area contributed by atoms with Gasteiger partial charge in [0, 0.05) is 26.8 Å². The lowest BCUT2D eigenvalue weighted by molar-refractivity contribution is -0.121. The lowest BCUT2D eigenvalue weighted by Crippen LogP contribution is -2.27. The fourth-order valence-corrected chi connectivity index (χ4v) is 4.55. The van der Waals surface area contributed by atoms with Crippen LogP contribution in [0.15, 0.2) is 52.3 Å². The van der Waals surface area contributed by atoms with Gasteiger partial charge in [0.15, 0.2) is 9.84 Å². The molecule has 8 nitrogen and oxygen atoms in total. The van der Waals surface area contributed by atoms with Crippen molar-refractivity contribution in [2.45, 2.75) is 35.6 Å². The number of benzene rings is 2. The molecule has 1 amide bonds. The Morgan fingerprint density at radius 2 is 1.61 bits per heavy atom. The van der Waals surface area contributed by atoms with Crippen LogP contribution < -0.4 is 10.1 Å². The fourth-order valence-electron chi connectivity index (χ4n) is 2.97. The zero-order valence-corrected chi connectivity index (χ0v) is 19.9. The molecule has 170 valence electrons. The van der Waals surface area contributed by atoms with Crippen LogP contribution >= 0.6 is 0 Å². The zero-order valence-electron chi connectivity index (χ0n) is 18.2. The van der Waals surface area contributed by atoms with Gasteiger partial charge in [-0.3, -0.25) is 4.79 Å². The third-order valence-electron chi connectivity index (χ3n) is 4.84. The highest BCUT2D eigenvalue weighted by atomic mass is 32.2. The number of sulfonamides is 1. The number of hydrogen-bond acceptors (Lipinski definition) is 6. The Labute approximate surface area is 184 Å². The van der Waals surface area contributed by atoms with E-state index in [1.807, 2.05) is 0 Å². The Kier molecular flexibility index (Phi) is 7.85. The predicted molar refractivity (Wildman–Crippen MR) is 118 cm³/mol. The number of carbonyl (C=O) groups excluding carboxylic acids is 1. The van der Waals surface area contributed by atoms with Crippen LogP contribution in [-0.2, 0) is 31.1 Å². The number of carbonyl (C=O) groups is 1. The molecule has 0 radical (unpaired) electrons. The van der Waals surface area contributed by atoms with E-state index in [0.29, 0.717) is 17.7 Å². The van der Waals surface area contributed by atoms with Crippen LogP contribution in [0.5, 0.6) is 5.75 Å². The SMILES string of the molecule is COc1ccc(S(=O)(=O)N(C)C)cc1CCC(=O)NC(C)c1ccc(S(C)(=O)=O)cc1. The number of nitrogens with zero attached hydrogens (tertiary/aromatic N) is 1. The number of sulfone groups is 1. The average Bonchev–Trinajstić information content (AvgIpc) is 2.71. The summed E-state index contributed by atoms with van der Waals surface area (Å²) >= 11 is 0. The normalized spacial score (nSPS) is 13.1. The van der Waals surface area contributed by atoms with Gasteiger partial charge in [-0.15, -0.1) is 0 Å². The second-order valence-corrected chi connectivity index (χ2v) is 11.6. The first-order valence-corrected chi connectivity index (χ1v) is 12.9. The first-order chi connectivity index (χ1) is 14.4. The monoisotopic (exact) mass is 468 g/mol. The lowest BCUT2D eigenvalue weighted by atomic mass is 10.1. The Hall–Kier alpha value is -2.43. The van der Waals surface area contributed by atoms with Gasteiger partial charge < -0.3 is 10.1 Å². The molecule has 0 saturated carbocycles. The predicted octanol–water partition coefficient (Wildman–Crippen LogP) is 2.16. The maximum Gasteiger partial charge on any atom is 0.242 e. The molecule has 0 aliphatic heterocycles. The van der Waals surface area contributed by atoms with Gasteiger partial charge in [-0.05, 0) is 54.8 Å². The summed E-state index contributed by atoms with van der Waals surface area (Å²) in [5.41, 5.74) is 1.39. The minimum atomic E-state index is -3.60. The van der Waals surface area contributed by atoms with E-state index in [2.05, 4.69) is 5.32 Å². The molecule has 2 aromatic carbocycles. The van der Waals surface area contributed by atoms with E-state index in [1.165, 1.54) is 45.5 Å². The molecule has 31 heavy (non-hydrogen) atoms. The van der Waals surface area contributed by atoms with Crippen molar-refractivity contribution in [1.29, 1.82) is 0 Å². The lowest BCUT2D eigenvalue weighted by Gasteiger charge is -2.16. The van der Waals surface area contributed by atoms with Gasteiger partial charge in [0.25, 0.3) is 0 Å². The molecule has 0 aromatic heterocycles. The van der Waals surface area contributed by atoms with E-state index in [4.69, 9.17) is 4.74 Å². The van der Waals surface area contributed by atoms with E-state index in [1.54, 1.807) is 25.1 Å². The molecule has 0 aliphatic carbocycles. The Balaban J connectivity index is 2.08. The van der Waals surface area contributed by atoms with Crippen LogP contribution in [0.2, 0.25) is 0 Å². The third kappa shape index (κ3) is 6.28. The molecule has 0 aliphatic rings. The Morgan fingerprint density at radius 1 is 1.03 bits per heavy atom. The molecule has 10 heteroatoms. The van der Waals surface area contributed by atoms with Crippen LogP contribution in [0.3, 0.4) is 0 Å². The second-order valence-electron chi connectivity index (χ2n) is 7.39. The van der Waals surface area contributed by atoms with E-state index in [9.17, 15) is 21.6 Å². The topological polar surface area (TPSA) is 110 Å². The maximum atomic E-state index is 12.4. The van der Waals surface area contributed by atoms with Crippen LogP contribution in [-0.4, -0.2) is 54.5 Å². The molecule has 1 N–H and O–H groups in total. The first-order valence-electron chi connectivity index (χ1n) is 9.55. The number of ether oxygens (including phenoxy) is 1. The number of methoxy groups -OCH3 is 1.